The lowest BCUT2D eigenvalue weighted by Crippen LogP contribution is -1.84. The maximum atomic E-state index is 13.6. The molecule has 0 aliphatic carbocycles. The second kappa shape index (κ2) is 4.07. The van der Waals surface area contributed by atoms with Crippen LogP contribution in [0.2, 0.25) is 0 Å². The van der Waals surface area contributed by atoms with Crippen molar-refractivity contribution >= 4 is 12.6 Å². The third-order valence-electron chi connectivity index (χ3n) is 2.32. The van der Waals surface area contributed by atoms with Gasteiger partial charge in [-0.1, -0.05) is 35.9 Å². The van der Waals surface area contributed by atoms with Crippen molar-refractivity contribution in [3.05, 3.63) is 53.8 Å². The van der Waals surface area contributed by atoms with Crippen LogP contribution < -0.4 is 0 Å². The molecule has 0 unspecified atom stereocenters. The van der Waals surface area contributed by atoms with Crippen LogP contribution in [0.25, 0.3) is 11.1 Å². The first-order valence-electron chi connectivity index (χ1n) is 4.72. The molecule has 0 heterocycles. The highest BCUT2D eigenvalue weighted by atomic mass is 32.1. The minimum absolute atomic E-state index is 0.230. The number of thiol groups is 1. The summed E-state index contributed by atoms with van der Waals surface area (Å²) in [6.45, 7) is 2.01. The summed E-state index contributed by atoms with van der Waals surface area (Å²) in [6.07, 6.45) is 0. The zero-order valence-electron chi connectivity index (χ0n) is 8.37. The van der Waals surface area contributed by atoms with Crippen molar-refractivity contribution in [3.63, 3.8) is 0 Å². The molecule has 0 aliphatic rings. The van der Waals surface area contributed by atoms with Crippen LogP contribution in [0.1, 0.15) is 5.56 Å². The smallest absolute Gasteiger partial charge is 0.132 e. The van der Waals surface area contributed by atoms with Crippen LogP contribution in [-0.4, -0.2) is 0 Å². The van der Waals surface area contributed by atoms with E-state index in [-0.39, 0.29) is 5.82 Å². The fraction of sp³-hybridized carbons (Fsp3) is 0.0769. The van der Waals surface area contributed by atoms with E-state index in [9.17, 15) is 4.39 Å². The molecule has 0 fully saturated rings. The molecule has 0 aliphatic heterocycles. The zero-order valence-corrected chi connectivity index (χ0v) is 9.26. The topological polar surface area (TPSA) is 0 Å². The van der Waals surface area contributed by atoms with Crippen molar-refractivity contribution in [2.24, 2.45) is 0 Å². The van der Waals surface area contributed by atoms with Crippen molar-refractivity contribution in [2.75, 3.05) is 0 Å². The first-order chi connectivity index (χ1) is 7.16. The van der Waals surface area contributed by atoms with E-state index in [4.69, 9.17) is 0 Å². The largest absolute Gasteiger partial charge is 0.206 e. The summed E-state index contributed by atoms with van der Waals surface area (Å²) < 4.78 is 13.6. The summed E-state index contributed by atoms with van der Waals surface area (Å²) in [7, 11) is 0. The molecule has 15 heavy (non-hydrogen) atoms. The Morgan fingerprint density at radius 1 is 1.00 bits per heavy atom. The van der Waals surface area contributed by atoms with Gasteiger partial charge >= 0.3 is 0 Å². The number of hydrogen-bond acceptors (Lipinski definition) is 1. The SMILES string of the molecule is Cc1ccc(-c2ccc(S)cc2F)cc1. The fourth-order valence-corrected chi connectivity index (χ4v) is 1.66. The molecule has 0 aromatic heterocycles. The molecular formula is C13H11FS. The Labute approximate surface area is 94.2 Å². The summed E-state index contributed by atoms with van der Waals surface area (Å²) in [4.78, 5) is 0.642. The number of benzene rings is 2. The molecule has 0 nitrogen and oxygen atoms in total. The number of rotatable bonds is 1. The Morgan fingerprint density at radius 3 is 2.27 bits per heavy atom. The molecule has 0 radical (unpaired) electrons. The van der Waals surface area contributed by atoms with Gasteiger partial charge in [-0.2, -0.15) is 0 Å². The van der Waals surface area contributed by atoms with Gasteiger partial charge in [-0.3, -0.25) is 0 Å². The van der Waals surface area contributed by atoms with Crippen molar-refractivity contribution < 1.29 is 4.39 Å². The van der Waals surface area contributed by atoms with E-state index in [1.165, 1.54) is 11.6 Å². The normalized spacial score (nSPS) is 10.3. The van der Waals surface area contributed by atoms with Crippen LogP contribution in [0.15, 0.2) is 47.4 Å². The molecule has 0 saturated heterocycles. The van der Waals surface area contributed by atoms with Gasteiger partial charge in [0.15, 0.2) is 0 Å². The highest BCUT2D eigenvalue weighted by Gasteiger charge is 2.04. The van der Waals surface area contributed by atoms with Gasteiger partial charge in [0.05, 0.1) is 0 Å². The van der Waals surface area contributed by atoms with Crippen molar-refractivity contribution in [2.45, 2.75) is 11.8 Å². The highest BCUT2D eigenvalue weighted by Crippen LogP contribution is 2.24. The Balaban J connectivity index is 2.49. The lowest BCUT2D eigenvalue weighted by Gasteiger charge is -2.04. The fourth-order valence-electron chi connectivity index (χ4n) is 1.47. The summed E-state index contributed by atoms with van der Waals surface area (Å²) in [5.74, 6) is -0.230. The molecule has 0 atom stereocenters. The Hall–Kier alpha value is -1.28. The van der Waals surface area contributed by atoms with Gasteiger partial charge in [0.25, 0.3) is 0 Å². The van der Waals surface area contributed by atoms with Gasteiger partial charge in [0, 0.05) is 10.5 Å². The van der Waals surface area contributed by atoms with Crippen LogP contribution in [0.5, 0.6) is 0 Å². The lowest BCUT2D eigenvalue weighted by atomic mass is 10.0. The van der Waals surface area contributed by atoms with E-state index in [0.29, 0.717) is 10.5 Å². The monoisotopic (exact) mass is 218 g/mol. The third kappa shape index (κ3) is 2.21. The summed E-state index contributed by atoms with van der Waals surface area (Å²) >= 11 is 4.09. The molecule has 0 saturated carbocycles. The Bertz CT molecular complexity index is 474. The van der Waals surface area contributed by atoms with E-state index in [1.807, 2.05) is 31.2 Å². The summed E-state index contributed by atoms with van der Waals surface area (Å²) in [5, 5.41) is 0. The zero-order chi connectivity index (χ0) is 10.8. The minimum atomic E-state index is -0.230. The van der Waals surface area contributed by atoms with E-state index in [0.717, 1.165) is 5.56 Å². The molecule has 2 aromatic carbocycles. The molecule has 76 valence electrons. The maximum Gasteiger partial charge on any atom is 0.132 e. The molecule has 2 heteroatoms. The molecule has 0 amide bonds. The number of hydrogen-bond donors (Lipinski definition) is 1. The molecule has 0 spiro atoms. The molecule has 0 bridgehead atoms. The van der Waals surface area contributed by atoms with Gasteiger partial charge in [0.1, 0.15) is 5.82 Å². The first-order valence-corrected chi connectivity index (χ1v) is 5.17. The van der Waals surface area contributed by atoms with Crippen LogP contribution in [0.4, 0.5) is 4.39 Å². The lowest BCUT2D eigenvalue weighted by molar-refractivity contribution is 0.628. The highest BCUT2D eigenvalue weighted by molar-refractivity contribution is 7.80. The molecular weight excluding hydrogens is 207 g/mol. The number of aryl methyl sites for hydroxylation is 1. The average Bonchev–Trinajstić information content (AvgIpc) is 2.20. The van der Waals surface area contributed by atoms with Crippen molar-refractivity contribution in [3.8, 4) is 11.1 Å². The quantitative estimate of drug-likeness (QED) is 0.685. The molecule has 2 aromatic rings. The van der Waals surface area contributed by atoms with Gasteiger partial charge in [-0.25, -0.2) is 4.39 Å². The summed E-state index contributed by atoms with van der Waals surface area (Å²) in [6, 6.07) is 12.8. The number of halogens is 1. The van der Waals surface area contributed by atoms with Crippen molar-refractivity contribution in [1.82, 2.24) is 0 Å². The minimum Gasteiger partial charge on any atom is -0.206 e. The third-order valence-corrected chi connectivity index (χ3v) is 2.59. The second-order valence-electron chi connectivity index (χ2n) is 3.53. The van der Waals surface area contributed by atoms with Crippen LogP contribution >= 0.6 is 12.6 Å². The van der Waals surface area contributed by atoms with E-state index in [2.05, 4.69) is 12.6 Å². The van der Waals surface area contributed by atoms with Crippen LogP contribution in [-0.2, 0) is 0 Å². The van der Waals surface area contributed by atoms with Gasteiger partial charge in [0.2, 0.25) is 0 Å². The Kier molecular flexibility index (Phi) is 2.78. The first kappa shape index (κ1) is 10.2. The van der Waals surface area contributed by atoms with E-state index < -0.39 is 0 Å². The summed E-state index contributed by atoms with van der Waals surface area (Å²) in [5.41, 5.74) is 2.68. The second-order valence-corrected chi connectivity index (χ2v) is 4.05. The van der Waals surface area contributed by atoms with Crippen LogP contribution in [0.3, 0.4) is 0 Å². The molecule has 2 rings (SSSR count). The van der Waals surface area contributed by atoms with E-state index >= 15 is 0 Å². The predicted octanol–water partition coefficient (Wildman–Crippen LogP) is 4.09. The van der Waals surface area contributed by atoms with Crippen molar-refractivity contribution in [1.29, 1.82) is 0 Å². The predicted molar refractivity (Wildman–Crippen MR) is 63.8 cm³/mol. The van der Waals surface area contributed by atoms with Crippen LogP contribution in [0, 0.1) is 12.7 Å². The molecule has 0 N–H and O–H groups in total. The maximum absolute atomic E-state index is 13.6. The Morgan fingerprint density at radius 2 is 1.67 bits per heavy atom. The van der Waals surface area contributed by atoms with Gasteiger partial charge in [-0.05, 0) is 24.6 Å². The standard InChI is InChI=1S/C13H11FS/c1-9-2-4-10(5-3-9)12-7-6-11(15)8-13(12)14/h2-8,15H,1H3. The average molecular weight is 218 g/mol. The van der Waals surface area contributed by atoms with Gasteiger partial charge < -0.3 is 0 Å². The van der Waals surface area contributed by atoms with Gasteiger partial charge in [-0.15, -0.1) is 12.6 Å². The van der Waals surface area contributed by atoms with E-state index in [1.54, 1.807) is 12.1 Å².